The zero-order valence-electron chi connectivity index (χ0n) is 27.2. The molecule has 0 fully saturated rings. The molecular formula is C31H47Cl2N7O4Si. The number of alkyl halides is 2. The van der Waals surface area contributed by atoms with E-state index in [1.807, 2.05) is 17.7 Å². The van der Waals surface area contributed by atoms with E-state index in [0.717, 1.165) is 41.6 Å². The molecular weight excluding hydrogens is 633 g/mol. The van der Waals surface area contributed by atoms with Gasteiger partial charge in [-0.05, 0) is 63.3 Å². The van der Waals surface area contributed by atoms with E-state index in [2.05, 4.69) is 47.3 Å². The second-order valence-corrected chi connectivity index (χ2v) is 19.1. The standard InChI is InChI=1S/C31H47Cl2N7O4Si/c1-7-25-29(22(2)38-40(25)21-44-18-19-45(4,5)6)23-12-13-28(34-20-23)37-30(41)24(10-8-11-27(32)33)36-31(42)26-14-15-35-39(26)16-9-17-43-3/h12-15,20,24,27H,7-11,16-19,21H2,1-6H3,(H,36,42)(H,34,37,41). The summed E-state index contributed by atoms with van der Waals surface area (Å²) in [7, 11) is 0.452. The molecule has 0 bridgehead atoms. The molecule has 11 nitrogen and oxygen atoms in total. The first kappa shape index (κ1) is 36.7. The smallest absolute Gasteiger partial charge is 0.270 e. The Balaban J connectivity index is 1.70. The first-order valence-corrected chi connectivity index (χ1v) is 20.0. The number of hydrogen-bond acceptors (Lipinski definition) is 7. The Hall–Kier alpha value is -2.77. The topological polar surface area (TPSA) is 125 Å². The largest absolute Gasteiger partial charge is 0.385 e. The molecule has 0 aromatic carbocycles. The fourth-order valence-corrected chi connectivity index (χ4v) is 5.93. The number of aryl methyl sites for hydroxylation is 2. The van der Waals surface area contributed by atoms with Gasteiger partial charge in [0.25, 0.3) is 5.91 Å². The molecule has 3 rings (SSSR count). The van der Waals surface area contributed by atoms with Gasteiger partial charge < -0.3 is 20.1 Å². The van der Waals surface area contributed by atoms with Crippen LogP contribution in [0.25, 0.3) is 11.1 Å². The normalized spacial score (nSPS) is 12.5. The average molecular weight is 681 g/mol. The summed E-state index contributed by atoms with van der Waals surface area (Å²) in [6.45, 7) is 13.3. The average Bonchev–Trinajstić information content (AvgIpc) is 3.58. The van der Waals surface area contributed by atoms with E-state index in [0.29, 0.717) is 57.1 Å². The number of amides is 2. The summed E-state index contributed by atoms with van der Waals surface area (Å²) in [6.07, 6.45) is 6.15. The fourth-order valence-electron chi connectivity index (χ4n) is 4.87. The second kappa shape index (κ2) is 17.8. The van der Waals surface area contributed by atoms with Gasteiger partial charge in [0.15, 0.2) is 0 Å². The molecule has 3 aromatic rings. The van der Waals surface area contributed by atoms with E-state index < -0.39 is 24.9 Å². The minimum Gasteiger partial charge on any atom is -0.385 e. The predicted molar refractivity (Wildman–Crippen MR) is 182 cm³/mol. The Labute approximate surface area is 277 Å². The molecule has 3 heterocycles. The van der Waals surface area contributed by atoms with Crippen molar-refractivity contribution in [3.8, 4) is 11.1 Å². The molecule has 0 spiro atoms. The van der Waals surface area contributed by atoms with Gasteiger partial charge in [-0.15, -0.1) is 23.2 Å². The lowest BCUT2D eigenvalue weighted by molar-refractivity contribution is -0.118. The maximum Gasteiger partial charge on any atom is 0.270 e. The Kier molecular flexibility index (Phi) is 14.5. The highest BCUT2D eigenvalue weighted by Crippen LogP contribution is 2.28. The first-order chi connectivity index (χ1) is 21.4. The van der Waals surface area contributed by atoms with Crippen LogP contribution >= 0.6 is 23.2 Å². The van der Waals surface area contributed by atoms with Gasteiger partial charge in [-0.1, -0.05) is 26.6 Å². The summed E-state index contributed by atoms with van der Waals surface area (Å²) >= 11 is 11.8. The van der Waals surface area contributed by atoms with Crippen LogP contribution < -0.4 is 10.6 Å². The van der Waals surface area contributed by atoms with Crippen molar-refractivity contribution in [2.24, 2.45) is 0 Å². The number of nitrogens with zero attached hydrogens (tertiary/aromatic N) is 5. The van der Waals surface area contributed by atoms with Crippen LogP contribution in [0.2, 0.25) is 25.7 Å². The lowest BCUT2D eigenvalue weighted by atomic mass is 10.0. The van der Waals surface area contributed by atoms with E-state index >= 15 is 0 Å². The highest BCUT2D eigenvalue weighted by molar-refractivity contribution is 6.76. The zero-order chi connectivity index (χ0) is 33.0. The van der Waals surface area contributed by atoms with Crippen molar-refractivity contribution in [3.05, 3.63) is 47.7 Å². The van der Waals surface area contributed by atoms with Crippen molar-refractivity contribution in [3.63, 3.8) is 0 Å². The van der Waals surface area contributed by atoms with Gasteiger partial charge in [0, 0.05) is 64.2 Å². The molecule has 1 unspecified atom stereocenters. The molecule has 14 heteroatoms. The van der Waals surface area contributed by atoms with Gasteiger partial charge in [-0.25, -0.2) is 9.67 Å². The Bertz CT molecular complexity index is 1370. The lowest BCUT2D eigenvalue weighted by Gasteiger charge is -2.19. The van der Waals surface area contributed by atoms with Crippen LogP contribution in [-0.4, -0.2) is 75.6 Å². The summed E-state index contributed by atoms with van der Waals surface area (Å²) in [5.74, 6) is -0.410. The molecule has 248 valence electrons. The van der Waals surface area contributed by atoms with Gasteiger partial charge in [0.05, 0.1) is 5.69 Å². The predicted octanol–water partition coefficient (Wildman–Crippen LogP) is 6.07. The molecule has 2 amide bonds. The Morgan fingerprint density at radius 3 is 2.49 bits per heavy atom. The number of anilines is 1. The number of methoxy groups -OCH3 is 1. The van der Waals surface area contributed by atoms with E-state index in [9.17, 15) is 9.59 Å². The van der Waals surface area contributed by atoms with Gasteiger partial charge in [-0.3, -0.25) is 14.3 Å². The summed E-state index contributed by atoms with van der Waals surface area (Å²) < 4.78 is 14.6. The van der Waals surface area contributed by atoms with Gasteiger partial charge in [0.2, 0.25) is 5.91 Å². The van der Waals surface area contributed by atoms with Crippen molar-refractivity contribution in [2.75, 3.05) is 25.6 Å². The molecule has 0 saturated heterocycles. The molecule has 1 atom stereocenters. The van der Waals surface area contributed by atoms with Crippen LogP contribution in [0.5, 0.6) is 0 Å². The van der Waals surface area contributed by atoms with Crippen LogP contribution in [0.1, 0.15) is 54.5 Å². The summed E-state index contributed by atoms with van der Waals surface area (Å²) in [4.78, 5) is 30.5. The summed E-state index contributed by atoms with van der Waals surface area (Å²) in [5, 5.41) is 14.7. The number of carbonyl (C=O) groups excluding carboxylic acids is 2. The summed E-state index contributed by atoms with van der Waals surface area (Å²) in [5.41, 5.74) is 4.24. The molecule has 2 N–H and O–H groups in total. The van der Waals surface area contributed by atoms with Crippen molar-refractivity contribution < 1.29 is 19.1 Å². The highest BCUT2D eigenvalue weighted by Gasteiger charge is 2.24. The second-order valence-electron chi connectivity index (χ2n) is 12.2. The molecule has 0 aliphatic heterocycles. The van der Waals surface area contributed by atoms with E-state index in [4.69, 9.17) is 37.8 Å². The molecule has 0 radical (unpaired) electrons. The number of hydrogen-bond donors (Lipinski definition) is 2. The Morgan fingerprint density at radius 1 is 1.07 bits per heavy atom. The molecule has 0 saturated carbocycles. The third-order valence-electron chi connectivity index (χ3n) is 7.29. The number of aromatic nitrogens is 5. The third kappa shape index (κ3) is 11.5. The molecule has 3 aromatic heterocycles. The highest BCUT2D eigenvalue weighted by atomic mass is 35.5. The molecule has 45 heavy (non-hydrogen) atoms. The van der Waals surface area contributed by atoms with Crippen LogP contribution in [0, 0.1) is 6.92 Å². The lowest BCUT2D eigenvalue weighted by Crippen LogP contribution is -2.44. The van der Waals surface area contributed by atoms with Crippen molar-refractivity contribution >= 4 is 48.9 Å². The molecule has 0 aliphatic carbocycles. The minimum atomic E-state index is -1.17. The quantitative estimate of drug-likeness (QED) is 0.0895. The van der Waals surface area contributed by atoms with Gasteiger partial charge in [-0.2, -0.15) is 10.2 Å². The van der Waals surface area contributed by atoms with Crippen LogP contribution in [0.3, 0.4) is 0 Å². The third-order valence-corrected chi connectivity index (χ3v) is 9.43. The summed E-state index contributed by atoms with van der Waals surface area (Å²) in [6, 6.07) is 5.56. The number of rotatable bonds is 19. The monoisotopic (exact) mass is 679 g/mol. The number of nitrogens with one attached hydrogen (secondary N) is 2. The van der Waals surface area contributed by atoms with Crippen molar-refractivity contribution in [2.45, 2.75) is 95.8 Å². The van der Waals surface area contributed by atoms with Gasteiger partial charge in [0.1, 0.15) is 29.1 Å². The van der Waals surface area contributed by atoms with Crippen LogP contribution in [0.15, 0.2) is 30.6 Å². The van der Waals surface area contributed by atoms with E-state index in [1.165, 1.54) is 0 Å². The van der Waals surface area contributed by atoms with Gasteiger partial charge >= 0.3 is 0 Å². The minimum absolute atomic E-state index is 0.349. The first-order valence-electron chi connectivity index (χ1n) is 15.4. The molecule has 0 aliphatic rings. The van der Waals surface area contributed by atoms with Crippen molar-refractivity contribution in [1.29, 1.82) is 0 Å². The van der Waals surface area contributed by atoms with Crippen LogP contribution in [0.4, 0.5) is 5.82 Å². The van der Waals surface area contributed by atoms with E-state index in [-0.39, 0.29) is 5.91 Å². The number of carbonyl (C=O) groups is 2. The number of halogens is 2. The number of pyridine rings is 1. The van der Waals surface area contributed by atoms with Crippen molar-refractivity contribution in [1.82, 2.24) is 29.9 Å². The number of ether oxygens (including phenoxy) is 2. The van der Waals surface area contributed by atoms with Crippen LogP contribution in [-0.2, 0) is 34.0 Å². The van der Waals surface area contributed by atoms with E-state index in [1.54, 1.807) is 36.3 Å². The maximum absolute atomic E-state index is 13.4. The Morgan fingerprint density at radius 2 is 1.84 bits per heavy atom. The maximum atomic E-state index is 13.4. The SMILES string of the molecule is CCc1c(-c2ccc(NC(=O)C(CCCC(Cl)Cl)NC(=O)c3ccnn3CCCOC)nc2)c(C)nn1COCC[Si](C)(C)C. The fraction of sp³-hybridized carbons (Fsp3) is 0.581. The zero-order valence-corrected chi connectivity index (χ0v) is 29.7.